The Balaban J connectivity index is 2.19. The van der Waals surface area contributed by atoms with Crippen LogP contribution in [0.4, 0.5) is 0 Å². The molecule has 0 aromatic heterocycles. The van der Waals surface area contributed by atoms with Gasteiger partial charge in [0.25, 0.3) is 0 Å². The van der Waals surface area contributed by atoms with E-state index in [-0.39, 0.29) is 0 Å². The van der Waals surface area contributed by atoms with Gasteiger partial charge in [0.15, 0.2) is 0 Å². The molecule has 0 spiro atoms. The van der Waals surface area contributed by atoms with Crippen LogP contribution in [0.15, 0.2) is 0 Å². The van der Waals surface area contributed by atoms with E-state index in [0.717, 1.165) is 13.0 Å². The Kier molecular flexibility index (Phi) is 5.52. The average Bonchev–Trinajstić information content (AvgIpc) is 1.41. The molecule has 0 atom stereocenters. The quantitative estimate of drug-likeness (QED) is 0.563. The van der Waals surface area contributed by atoms with Crippen molar-refractivity contribution in [2.24, 2.45) is 0 Å². The molecule has 5 heavy (non-hydrogen) atoms. The second kappa shape index (κ2) is 4.78. The zero-order chi connectivity index (χ0) is 4.12. The van der Waals surface area contributed by atoms with Gasteiger partial charge in [0.2, 0.25) is 0 Å². The molecule has 0 aromatic rings. The zero-order valence-corrected chi connectivity index (χ0v) is 5.82. The monoisotopic (exact) mass is 180 g/mol. The fourth-order valence-corrected chi connectivity index (χ4v) is 0.612. The third-order valence-electron chi connectivity index (χ3n) is 0.295. The molecule has 0 saturated heterocycles. The summed E-state index contributed by atoms with van der Waals surface area (Å²) in [6.07, 6.45) is 1.13. The normalized spacial score (nSPS) is 8.40. The third-order valence-corrected chi connectivity index (χ3v) is 0.816. The van der Waals surface area contributed by atoms with Gasteiger partial charge in [0.05, 0.1) is 0 Å². The van der Waals surface area contributed by atoms with E-state index in [0.29, 0.717) is 0 Å². The van der Waals surface area contributed by atoms with Crippen LogP contribution in [0.25, 0.3) is 0 Å². The first kappa shape index (κ1) is 5.78. The van der Waals surface area contributed by atoms with E-state index in [9.17, 15) is 0 Å². The molecule has 2 heteroatoms. The summed E-state index contributed by atoms with van der Waals surface area (Å²) in [5.41, 5.74) is 0. The standard InChI is InChI=1S/C3H7O.Sb/c1-2-3-4;/h2-3H2,1H3;/q-1;+1. The zero-order valence-electron chi connectivity index (χ0n) is 3.27. The average molecular weight is 181 g/mol. The van der Waals surface area contributed by atoms with Crippen molar-refractivity contribution in [3.8, 4) is 0 Å². The summed E-state index contributed by atoms with van der Waals surface area (Å²) in [4.78, 5) is 0. The van der Waals surface area contributed by atoms with Crippen LogP contribution in [-0.4, -0.2) is 30.0 Å². The first-order valence-electron chi connectivity index (χ1n) is 1.68. The van der Waals surface area contributed by atoms with Crippen LogP contribution in [0.3, 0.4) is 0 Å². The molecule has 0 bridgehead atoms. The second-order valence-corrected chi connectivity index (χ2v) is 1.57. The van der Waals surface area contributed by atoms with Crippen molar-refractivity contribution in [1.29, 1.82) is 0 Å². The predicted molar refractivity (Wildman–Crippen MR) is 22.0 cm³/mol. The molecule has 0 aromatic carbocycles. The van der Waals surface area contributed by atoms with Crippen LogP contribution >= 0.6 is 0 Å². The molecule has 0 unspecified atom stereocenters. The minimum atomic E-state index is 0.911. The summed E-state index contributed by atoms with van der Waals surface area (Å²) in [7, 11) is 0. The molecule has 0 N–H and O–H groups in total. The summed E-state index contributed by atoms with van der Waals surface area (Å²) in [5, 5.41) is 0. The van der Waals surface area contributed by atoms with Crippen LogP contribution in [-0.2, 0) is 3.02 Å². The van der Waals surface area contributed by atoms with Crippen molar-refractivity contribution in [3.63, 3.8) is 0 Å². The van der Waals surface area contributed by atoms with Crippen LogP contribution in [0.5, 0.6) is 0 Å². The fraction of sp³-hybridized carbons (Fsp3) is 1.00. The summed E-state index contributed by atoms with van der Waals surface area (Å²) >= 11 is 1.42. The van der Waals surface area contributed by atoms with Gasteiger partial charge in [-0.1, -0.05) is 0 Å². The second-order valence-electron chi connectivity index (χ2n) is 0.833. The molecule has 0 fully saturated rings. The molecule has 0 saturated carbocycles. The molecule has 0 aliphatic heterocycles. The first-order chi connectivity index (χ1) is 2.41. The Labute approximate surface area is 46.8 Å². The van der Waals surface area contributed by atoms with E-state index >= 15 is 0 Å². The first-order valence-corrected chi connectivity index (χ1v) is 2.72. The topological polar surface area (TPSA) is 9.23 Å². The van der Waals surface area contributed by atoms with E-state index in [1.54, 1.807) is 0 Å². The molecule has 0 rings (SSSR count). The molecule has 0 heterocycles. The summed E-state index contributed by atoms with van der Waals surface area (Å²) in [6, 6.07) is 0. The van der Waals surface area contributed by atoms with Crippen LogP contribution in [0, 0.1) is 0 Å². The summed E-state index contributed by atoms with van der Waals surface area (Å²) in [5.74, 6) is 0. The maximum absolute atomic E-state index is 4.74. The van der Waals surface area contributed by atoms with Crippen molar-refractivity contribution >= 4 is 23.4 Å². The Morgan fingerprint density at radius 3 is 2.40 bits per heavy atom. The summed E-state index contributed by atoms with van der Waals surface area (Å²) < 4.78 is 4.74. The van der Waals surface area contributed by atoms with Crippen molar-refractivity contribution < 1.29 is 3.02 Å². The van der Waals surface area contributed by atoms with Crippen molar-refractivity contribution in [3.05, 3.63) is 0 Å². The molecule has 2 radical (unpaired) electrons. The number of hydrogen-bond acceptors (Lipinski definition) is 1. The molecule has 30 valence electrons. The van der Waals surface area contributed by atoms with E-state index in [4.69, 9.17) is 3.02 Å². The molecular weight excluding hydrogens is 174 g/mol. The van der Waals surface area contributed by atoms with E-state index < -0.39 is 0 Å². The van der Waals surface area contributed by atoms with Crippen molar-refractivity contribution in [1.82, 2.24) is 0 Å². The molecular formula is C3H7OSb. The van der Waals surface area contributed by atoms with E-state index in [1.165, 1.54) is 23.4 Å². The van der Waals surface area contributed by atoms with Gasteiger partial charge >= 0.3 is 46.4 Å². The Bertz CT molecular complexity index is 14.4. The van der Waals surface area contributed by atoms with Crippen molar-refractivity contribution in [2.75, 3.05) is 6.61 Å². The van der Waals surface area contributed by atoms with Gasteiger partial charge in [-0.2, -0.15) is 0 Å². The van der Waals surface area contributed by atoms with Crippen LogP contribution in [0.1, 0.15) is 13.3 Å². The Morgan fingerprint density at radius 1 is 1.80 bits per heavy atom. The SMILES string of the molecule is CCC[O][Sb]. The van der Waals surface area contributed by atoms with E-state index in [2.05, 4.69) is 6.92 Å². The Hall–Kier alpha value is 0.778. The molecule has 0 amide bonds. The molecule has 0 aliphatic carbocycles. The van der Waals surface area contributed by atoms with Crippen LogP contribution in [0.2, 0.25) is 0 Å². The van der Waals surface area contributed by atoms with Gasteiger partial charge in [-0.15, -0.1) is 0 Å². The van der Waals surface area contributed by atoms with Gasteiger partial charge in [0, 0.05) is 0 Å². The van der Waals surface area contributed by atoms with Gasteiger partial charge in [-0.25, -0.2) is 0 Å². The number of rotatable bonds is 2. The van der Waals surface area contributed by atoms with Gasteiger partial charge in [0.1, 0.15) is 0 Å². The van der Waals surface area contributed by atoms with Crippen LogP contribution < -0.4 is 0 Å². The molecule has 1 nitrogen and oxygen atoms in total. The number of hydrogen-bond donors (Lipinski definition) is 0. The van der Waals surface area contributed by atoms with E-state index in [1.807, 2.05) is 0 Å². The Morgan fingerprint density at radius 2 is 2.40 bits per heavy atom. The third kappa shape index (κ3) is 4.78. The predicted octanol–water partition coefficient (Wildman–Crippen LogP) is 0.496. The van der Waals surface area contributed by atoms with Crippen molar-refractivity contribution in [2.45, 2.75) is 13.3 Å². The minimum absolute atomic E-state index is 0.911. The van der Waals surface area contributed by atoms with Gasteiger partial charge < -0.3 is 0 Å². The summed E-state index contributed by atoms with van der Waals surface area (Å²) in [6.45, 7) is 3.01. The molecule has 0 aliphatic rings. The van der Waals surface area contributed by atoms with Gasteiger partial charge in [-0.3, -0.25) is 0 Å². The van der Waals surface area contributed by atoms with Gasteiger partial charge in [-0.05, 0) is 0 Å². The fourth-order valence-electron chi connectivity index (χ4n) is 0.0913. The maximum atomic E-state index is 4.74.